The van der Waals surface area contributed by atoms with Crippen LogP contribution in [0.15, 0.2) is 42.5 Å². The summed E-state index contributed by atoms with van der Waals surface area (Å²) in [5.74, 6) is 0.444. The molecule has 1 saturated carbocycles. The Kier molecular flexibility index (Phi) is 5.61. The van der Waals surface area contributed by atoms with Crippen LogP contribution in [0.4, 0.5) is 0 Å². The number of rotatable bonds is 3. The van der Waals surface area contributed by atoms with Crippen molar-refractivity contribution in [2.24, 2.45) is 0 Å². The minimum absolute atomic E-state index is 0.325. The molecule has 1 N–H and O–H groups in total. The van der Waals surface area contributed by atoms with Crippen molar-refractivity contribution in [1.29, 1.82) is 0 Å². The number of likely N-dealkylation sites (N-methyl/N-ethyl adjacent to an activating group) is 1. The quantitative estimate of drug-likeness (QED) is 0.540. The molecule has 1 aliphatic carbocycles. The number of hydrogen-bond acceptors (Lipinski definition) is 4. The summed E-state index contributed by atoms with van der Waals surface area (Å²) in [7, 11) is 4.20. The van der Waals surface area contributed by atoms with Crippen molar-refractivity contribution >= 4 is 16.9 Å². The molecule has 3 heterocycles. The van der Waals surface area contributed by atoms with Crippen molar-refractivity contribution in [1.82, 2.24) is 9.47 Å². The number of ether oxygens (including phenoxy) is 2. The summed E-state index contributed by atoms with van der Waals surface area (Å²) in [6, 6.07) is 14.3. The Labute approximate surface area is 206 Å². The molecular formula is C29H34N2O4. The lowest BCUT2D eigenvalue weighted by molar-refractivity contribution is -0.0430. The summed E-state index contributed by atoms with van der Waals surface area (Å²) in [4.78, 5) is 14.2. The van der Waals surface area contributed by atoms with Crippen LogP contribution in [0.25, 0.3) is 22.2 Å². The normalized spacial score (nSPS) is 24.7. The number of para-hydroxylation sites is 1. The number of carbonyl (C=O) groups is 1. The highest BCUT2D eigenvalue weighted by atomic mass is 16.5. The molecule has 3 aliphatic rings. The van der Waals surface area contributed by atoms with Gasteiger partial charge in [0.25, 0.3) is 0 Å². The summed E-state index contributed by atoms with van der Waals surface area (Å²) in [5, 5.41) is 11.0. The summed E-state index contributed by atoms with van der Waals surface area (Å²) < 4.78 is 15.4. The first-order valence-electron chi connectivity index (χ1n) is 12.9. The van der Waals surface area contributed by atoms with E-state index in [2.05, 4.69) is 41.8 Å². The predicted octanol–water partition coefficient (Wildman–Crippen LogP) is 5.54. The van der Waals surface area contributed by atoms with Gasteiger partial charge in [0, 0.05) is 22.5 Å². The van der Waals surface area contributed by atoms with Crippen LogP contribution in [0, 0.1) is 0 Å². The number of carboxylic acids is 1. The minimum atomic E-state index is -0.893. The van der Waals surface area contributed by atoms with Gasteiger partial charge >= 0.3 is 5.97 Å². The standard InChI is InChI=1S/C29H34N2O4/c1-30(2)21-15-29(35-16-21)17-31-24-14-20(28(32)33)12-13-22(24)26(19-8-4-3-5-9-19)27(31)23-10-6-7-11-25(23)34-18-29/h6-7,10-14,19,21H,3-5,8-9,15-18H2,1-2H3,(H,32,33)/t21-,29-/m0/s1. The van der Waals surface area contributed by atoms with Crippen molar-refractivity contribution in [2.75, 3.05) is 27.3 Å². The molecule has 0 amide bonds. The van der Waals surface area contributed by atoms with Crippen molar-refractivity contribution in [3.05, 3.63) is 53.6 Å². The molecule has 0 bridgehead atoms. The van der Waals surface area contributed by atoms with Crippen molar-refractivity contribution in [3.63, 3.8) is 0 Å². The SMILES string of the molecule is CN(C)[C@@H]1CO[C@@]2(COc3ccccc3-c3c(C4CCCCC4)c4ccc(C(=O)O)cc4n3C2)C1. The van der Waals surface area contributed by atoms with Gasteiger partial charge in [-0.3, -0.25) is 0 Å². The van der Waals surface area contributed by atoms with Crippen LogP contribution in [0.5, 0.6) is 5.75 Å². The highest BCUT2D eigenvalue weighted by Crippen LogP contribution is 2.48. The van der Waals surface area contributed by atoms with Crippen molar-refractivity contribution < 1.29 is 19.4 Å². The van der Waals surface area contributed by atoms with Gasteiger partial charge in [0.2, 0.25) is 0 Å². The summed E-state index contributed by atoms with van der Waals surface area (Å²) >= 11 is 0. The van der Waals surface area contributed by atoms with Crippen LogP contribution in [-0.2, 0) is 11.3 Å². The van der Waals surface area contributed by atoms with E-state index in [0.29, 0.717) is 37.3 Å². The Morgan fingerprint density at radius 2 is 1.91 bits per heavy atom. The molecule has 0 unspecified atom stereocenters. The van der Waals surface area contributed by atoms with E-state index < -0.39 is 11.6 Å². The lowest BCUT2D eigenvalue weighted by Crippen LogP contribution is -2.42. The monoisotopic (exact) mass is 474 g/mol. The lowest BCUT2D eigenvalue weighted by Gasteiger charge is -2.34. The fraction of sp³-hybridized carbons (Fsp3) is 0.483. The number of nitrogens with zero attached hydrogens (tertiary/aromatic N) is 2. The predicted molar refractivity (Wildman–Crippen MR) is 136 cm³/mol. The van der Waals surface area contributed by atoms with E-state index in [4.69, 9.17) is 9.47 Å². The average molecular weight is 475 g/mol. The summed E-state index contributed by atoms with van der Waals surface area (Å²) in [6.45, 7) is 1.79. The Hall–Kier alpha value is -2.83. The van der Waals surface area contributed by atoms with Gasteiger partial charge < -0.3 is 24.0 Å². The molecule has 35 heavy (non-hydrogen) atoms. The van der Waals surface area contributed by atoms with Gasteiger partial charge in [-0.2, -0.15) is 0 Å². The van der Waals surface area contributed by atoms with E-state index in [9.17, 15) is 9.90 Å². The van der Waals surface area contributed by atoms with E-state index in [1.165, 1.54) is 48.7 Å². The maximum atomic E-state index is 12.0. The molecule has 6 heteroatoms. The van der Waals surface area contributed by atoms with Gasteiger partial charge in [-0.15, -0.1) is 0 Å². The van der Waals surface area contributed by atoms with Crippen LogP contribution in [0.2, 0.25) is 0 Å². The second-order valence-electron chi connectivity index (χ2n) is 10.8. The highest BCUT2D eigenvalue weighted by molar-refractivity contribution is 5.98. The highest BCUT2D eigenvalue weighted by Gasteiger charge is 2.45. The topological polar surface area (TPSA) is 63.9 Å². The van der Waals surface area contributed by atoms with Gasteiger partial charge in [-0.1, -0.05) is 37.5 Å². The minimum Gasteiger partial charge on any atom is -0.490 e. The number of hydrogen-bond donors (Lipinski definition) is 1. The van der Waals surface area contributed by atoms with E-state index in [0.717, 1.165) is 23.3 Å². The summed E-state index contributed by atoms with van der Waals surface area (Å²) in [5.41, 5.74) is 4.48. The fourth-order valence-corrected chi connectivity index (χ4v) is 6.46. The molecule has 2 atom stereocenters. The number of fused-ring (bicyclic) bond motifs is 5. The second-order valence-corrected chi connectivity index (χ2v) is 10.8. The number of benzene rings is 2. The Morgan fingerprint density at radius 1 is 1.11 bits per heavy atom. The number of aromatic nitrogens is 1. The van der Waals surface area contributed by atoms with Crippen LogP contribution in [0.1, 0.15) is 60.4 Å². The number of aromatic carboxylic acids is 1. The van der Waals surface area contributed by atoms with Crippen LogP contribution >= 0.6 is 0 Å². The fourth-order valence-electron chi connectivity index (χ4n) is 6.46. The zero-order valence-corrected chi connectivity index (χ0v) is 20.6. The first-order chi connectivity index (χ1) is 17.0. The molecule has 6 nitrogen and oxygen atoms in total. The van der Waals surface area contributed by atoms with Crippen LogP contribution in [0.3, 0.4) is 0 Å². The lowest BCUT2D eigenvalue weighted by atomic mass is 9.81. The van der Waals surface area contributed by atoms with Gasteiger partial charge in [-0.05, 0) is 69.1 Å². The first-order valence-corrected chi connectivity index (χ1v) is 12.9. The third-order valence-corrected chi connectivity index (χ3v) is 8.36. The van der Waals surface area contributed by atoms with Crippen molar-refractivity contribution in [2.45, 2.75) is 62.6 Å². The zero-order valence-electron chi connectivity index (χ0n) is 20.6. The van der Waals surface area contributed by atoms with Gasteiger partial charge in [-0.25, -0.2) is 4.79 Å². The smallest absolute Gasteiger partial charge is 0.335 e. The molecule has 1 aromatic heterocycles. The molecule has 2 fully saturated rings. The second kappa shape index (κ2) is 8.68. The molecule has 2 aliphatic heterocycles. The van der Waals surface area contributed by atoms with Gasteiger partial charge in [0.1, 0.15) is 18.0 Å². The summed E-state index contributed by atoms with van der Waals surface area (Å²) in [6.07, 6.45) is 6.97. The third-order valence-electron chi connectivity index (χ3n) is 8.36. The third kappa shape index (κ3) is 3.83. The van der Waals surface area contributed by atoms with Crippen LogP contribution in [-0.4, -0.2) is 59.5 Å². The maximum Gasteiger partial charge on any atom is 0.335 e. The van der Waals surface area contributed by atoms with E-state index in [-0.39, 0.29) is 0 Å². The van der Waals surface area contributed by atoms with E-state index in [1.54, 1.807) is 6.07 Å². The van der Waals surface area contributed by atoms with E-state index in [1.807, 2.05) is 18.2 Å². The Balaban J connectivity index is 1.62. The maximum absolute atomic E-state index is 12.0. The Bertz CT molecular complexity index is 1270. The van der Waals surface area contributed by atoms with Crippen LogP contribution < -0.4 is 4.74 Å². The van der Waals surface area contributed by atoms with E-state index >= 15 is 0 Å². The largest absolute Gasteiger partial charge is 0.490 e. The molecule has 2 aromatic carbocycles. The molecular weight excluding hydrogens is 440 g/mol. The molecule has 1 saturated heterocycles. The molecule has 0 radical (unpaired) electrons. The van der Waals surface area contributed by atoms with Crippen molar-refractivity contribution in [3.8, 4) is 17.0 Å². The molecule has 6 rings (SSSR count). The first kappa shape index (κ1) is 22.6. The molecule has 3 aromatic rings. The zero-order chi connectivity index (χ0) is 24.2. The molecule has 184 valence electrons. The number of carboxylic acid groups (broad SMARTS) is 1. The average Bonchev–Trinajstić information content (AvgIpc) is 3.42. The van der Waals surface area contributed by atoms with Gasteiger partial charge in [0.05, 0.1) is 24.4 Å². The molecule has 1 spiro atoms. The Morgan fingerprint density at radius 3 is 2.66 bits per heavy atom. The van der Waals surface area contributed by atoms with Gasteiger partial charge in [0.15, 0.2) is 0 Å².